The summed E-state index contributed by atoms with van der Waals surface area (Å²) in [5.74, 6) is -0.172. The van der Waals surface area contributed by atoms with Crippen LogP contribution < -0.4 is 10.5 Å². The second-order valence-corrected chi connectivity index (χ2v) is 6.99. The lowest BCUT2D eigenvalue weighted by molar-refractivity contribution is -0.115. The third-order valence-corrected chi connectivity index (χ3v) is 4.63. The number of fused-ring (bicyclic) bond motifs is 1. The minimum Gasteiger partial charge on any atom is -0.326 e. The van der Waals surface area contributed by atoms with Gasteiger partial charge in [-0.2, -0.15) is 0 Å². The van der Waals surface area contributed by atoms with Gasteiger partial charge in [-0.25, -0.2) is 13.6 Å². The molecule has 0 unspecified atom stereocenters. The normalized spacial score (nSPS) is 11.4. The highest BCUT2D eigenvalue weighted by Gasteiger charge is 2.09. The Morgan fingerprint density at radius 3 is 2.29 bits per heavy atom. The predicted octanol–water partition coefficient (Wildman–Crippen LogP) is 2.67. The summed E-state index contributed by atoms with van der Waals surface area (Å²) in [7, 11) is -3.73. The van der Waals surface area contributed by atoms with Gasteiger partial charge in [0, 0.05) is 5.69 Å². The van der Waals surface area contributed by atoms with Gasteiger partial charge >= 0.3 is 0 Å². The summed E-state index contributed by atoms with van der Waals surface area (Å²) in [6.07, 6.45) is 0.234. The Hall–Kier alpha value is -2.70. The molecule has 3 aromatic rings. The van der Waals surface area contributed by atoms with Crippen molar-refractivity contribution in [2.24, 2.45) is 5.14 Å². The van der Waals surface area contributed by atoms with Gasteiger partial charge in [0.15, 0.2) is 0 Å². The van der Waals surface area contributed by atoms with Crippen molar-refractivity contribution in [3.05, 3.63) is 72.3 Å². The number of amides is 1. The minimum absolute atomic E-state index is 0.00884. The molecule has 0 saturated heterocycles. The van der Waals surface area contributed by atoms with E-state index in [1.165, 1.54) is 24.3 Å². The van der Waals surface area contributed by atoms with Gasteiger partial charge in [-0.3, -0.25) is 4.79 Å². The molecule has 24 heavy (non-hydrogen) atoms. The fraction of sp³-hybridized carbons (Fsp3) is 0.0556. The topological polar surface area (TPSA) is 89.3 Å². The molecule has 0 atom stereocenters. The lowest BCUT2D eigenvalue weighted by Gasteiger charge is -2.08. The van der Waals surface area contributed by atoms with E-state index < -0.39 is 10.0 Å². The number of hydrogen-bond donors (Lipinski definition) is 2. The quantitative estimate of drug-likeness (QED) is 0.765. The van der Waals surface area contributed by atoms with Gasteiger partial charge in [-0.15, -0.1) is 0 Å². The van der Waals surface area contributed by atoms with Crippen molar-refractivity contribution in [2.75, 3.05) is 5.32 Å². The number of carbonyl (C=O) groups is 1. The van der Waals surface area contributed by atoms with E-state index in [9.17, 15) is 13.2 Å². The monoisotopic (exact) mass is 340 g/mol. The maximum Gasteiger partial charge on any atom is 0.238 e. The van der Waals surface area contributed by atoms with Gasteiger partial charge in [0.25, 0.3) is 0 Å². The molecule has 3 N–H and O–H groups in total. The number of carbonyl (C=O) groups excluding carboxylic acids is 1. The SMILES string of the molecule is NS(=O)(=O)c1ccc(NC(=O)Cc2cccc3ccccc23)cc1. The lowest BCUT2D eigenvalue weighted by atomic mass is 10.0. The molecule has 5 nitrogen and oxygen atoms in total. The molecule has 0 aliphatic heterocycles. The van der Waals surface area contributed by atoms with Gasteiger partial charge in [0.1, 0.15) is 0 Å². The molecule has 3 rings (SSSR count). The molecule has 0 aliphatic rings. The van der Waals surface area contributed by atoms with E-state index in [2.05, 4.69) is 5.32 Å². The average molecular weight is 340 g/mol. The maximum absolute atomic E-state index is 12.3. The molecule has 0 bridgehead atoms. The molecule has 0 spiro atoms. The molecule has 0 radical (unpaired) electrons. The molecule has 0 saturated carbocycles. The van der Waals surface area contributed by atoms with E-state index in [0.717, 1.165) is 16.3 Å². The van der Waals surface area contributed by atoms with Crippen molar-refractivity contribution >= 4 is 32.4 Å². The van der Waals surface area contributed by atoms with Crippen LogP contribution in [0.4, 0.5) is 5.69 Å². The molecule has 0 aliphatic carbocycles. The second kappa shape index (κ2) is 6.43. The summed E-state index contributed by atoms with van der Waals surface area (Å²) in [4.78, 5) is 12.3. The lowest BCUT2D eigenvalue weighted by Crippen LogP contribution is -2.15. The second-order valence-electron chi connectivity index (χ2n) is 5.43. The minimum atomic E-state index is -3.73. The Bertz CT molecular complexity index is 991. The van der Waals surface area contributed by atoms with Crippen LogP contribution in [0, 0.1) is 0 Å². The van der Waals surface area contributed by atoms with Crippen molar-refractivity contribution < 1.29 is 13.2 Å². The van der Waals surface area contributed by atoms with Crippen molar-refractivity contribution in [3.63, 3.8) is 0 Å². The molecule has 122 valence electrons. The predicted molar refractivity (Wildman–Crippen MR) is 94.1 cm³/mol. The number of benzene rings is 3. The molecule has 6 heteroatoms. The highest BCUT2D eigenvalue weighted by atomic mass is 32.2. The van der Waals surface area contributed by atoms with E-state index in [1.54, 1.807) is 0 Å². The first-order valence-corrected chi connectivity index (χ1v) is 8.87. The van der Waals surface area contributed by atoms with Crippen molar-refractivity contribution in [1.82, 2.24) is 0 Å². The van der Waals surface area contributed by atoms with E-state index in [1.807, 2.05) is 42.5 Å². The van der Waals surface area contributed by atoms with E-state index >= 15 is 0 Å². The summed E-state index contributed by atoms with van der Waals surface area (Å²) < 4.78 is 22.4. The summed E-state index contributed by atoms with van der Waals surface area (Å²) >= 11 is 0. The van der Waals surface area contributed by atoms with Gasteiger partial charge in [0.05, 0.1) is 11.3 Å². The van der Waals surface area contributed by atoms with Crippen LogP contribution in [-0.4, -0.2) is 14.3 Å². The zero-order chi connectivity index (χ0) is 17.2. The number of nitrogens with two attached hydrogens (primary N) is 1. The number of rotatable bonds is 4. The fourth-order valence-corrected chi connectivity index (χ4v) is 3.07. The summed E-state index contributed by atoms with van der Waals surface area (Å²) in [6.45, 7) is 0. The zero-order valence-corrected chi connectivity index (χ0v) is 13.6. The number of anilines is 1. The van der Waals surface area contributed by atoms with Crippen LogP contribution >= 0.6 is 0 Å². The van der Waals surface area contributed by atoms with Crippen LogP contribution in [0.1, 0.15) is 5.56 Å². The third kappa shape index (κ3) is 3.61. The summed E-state index contributed by atoms with van der Waals surface area (Å²) in [5, 5.41) is 9.93. The molecule has 0 heterocycles. The molecular weight excluding hydrogens is 324 g/mol. The third-order valence-electron chi connectivity index (χ3n) is 3.70. The van der Waals surface area contributed by atoms with E-state index in [0.29, 0.717) is 5.69 Å². The highest BCUT2D eigenvalue weighted by Crippen LogP contribution is 2.19. The molecule has 0 fully saturated rings. The van der Waals surface area contributed by atoms with E-state index in [4.69, 9.17) is 5.14 Å². The fourth-order valence-electron chi connectivity index (χ4n) is 2.55. The van der Waals surface area contributed by atoms with Crippen LogP contribution in [-0.2, 0) is 21.2 Å². The van der Waals surface area contributed by atoms with Crippen LogP contribution in [0.3, 0.4) is 0 Å². The Morgan fingerprint density at radius 1 is 0.917 bits per heavy atom. The van der Waals surface area contributed by atoms with Crippen molar-refractivity contribution in [2.45, 2.75) is 11.3 Å². The van der Waals surface area contributed by atoms with Crippen LogP contribution in [0.5, 0.6) is 0 Å². The van der Waals surface area contributed by atoms with Crippen LogP contribution in [0.15, 0.2) is 71.6 Å². The molecule has 0 aromatic heterocycles. The van der Waals surface area contributed by atoms with Gasteiger partial charge in [0.2, 0.25) is 15.9 Å². The smallest absolute Gasteiger partial charge is 0.238 e. The zero-order valence-electron chi connectivity index (χ0n) is 12.8. The number of primary sulfonamides is 1. The Kier molecular flexibility index (Phi) is 4.33. The average Bonchev–Trinajstić information content (AvgIpc) is 2.55. The summed E-state index contributed by atoms with van der Waals surface area (Å²) in [5.41, 5.74) is 1.46. The maximum atomic E-state index is 12.3. The number of nitrogens with one attached hydrogen (secondary N) is 1. The standard InChI is InChI=1S/C18H16N2O3S/c19-24(22,23)16-10-8-15(9-11-16)20-18(21)12-14-6-3-5-13-4-1-2-7-17(13)14/h1-11H,12H2,(H,20,21)(H2,19,22,23). The number of sulfonamides is 1. The first kappa shape index (κ1) is 16.2. The number of hydrogen-bond acceptors (Lipinski definition) is 3. The van der Waals surface area contributed by atoms with E-state index in [-0.39, 0.29) is 17.2 Å². The molecular formula is C18H16N2O3S. The first-order chi connectivity index (χ1) is 11.4. The Labute approximate surface area is 140 Å². The van der Waals surface area contributed by atoms with Crippen LogP contribution in [0.25, 0.3) is 10.8 Å². The van der Waals surface area contributed by atoms with Crippen molar-refractivity contribution in [1.29, 1.82) is 0 Å². The van der Waals surface area contributed by atoms with Gasteiger partial charge < -0.3 is 5.32 Å². The summed E-state index contributed by atoms with van der Waals surface area (Å²) in [6, 6.07) is 19.5. The molecule has 1 amide bonds. The van der Waals surface area contributed by atoms with Crippen molar-refractivity contribution in [3.8, 4) is 0 Å². The molecule has 3 aromatic carbocycles. The Morgan fingerprint density at radius 2 is 1.58 bits per heavy atom. The highest BCUT2D eigenvalue weighted by molar-refractivity contribution is 7.89. The van der Waals surface area contributed by atoms with Gasteiger partial charge in [-0.1, -0.05) is 42.5 Å². The largest absolute Gasteiger partial charge is 0.326 e. The van der Waals surface area contributed by atoms with Gasteiger partial charge in [-0.05, 0) is 40.6 Å². The van der Waals surface area contributed by atoms with Crippen LogP contribution in [0.2, 0.25) is 0 Å². The Balaban J connectivity index is 1.76. The first-order valence-electron chi connectivity index (χ1n) is 7.33.